The van der Waals surface area contributed by atoms with E-state index in [9.17, 15) is 0 Å². The SMILES string of the molecule is C=C(CC)NCC1=Nc2ccccc2C1. The lowest BCUT2D eigenvalue weighted by molar-refractivity contribution is 0.862. The quantitative estimate of drug-likeness (QED) is 0.794. The van der Waals surface area contributed by atoms with Crippen molar-refractivity contribution < 1.29 is 0 Å². The van der Waals surface area contributed by atoms with E-state index in [1.165, 1.54) is 11.3 Å². The summed E-state index contributed by atoms with van der Waals surface area (Å²) in [6.45, 7) is 6.84. The monoisotopic (exact) mass is 200 g/mol. The molecule has 0 fully saturated rings. The molecular weight excluding hydrogens is 184 g/mol. The molecule has 0 radical (unpaired) electrons. The van der Waals surface area contributed by atoms with Crippen molar-refractivity contribution in [2.75, 3.05) is 6.54 Å². The van der Waals surface area contributed by atoms with Crippen molar-refractivity contribution in [2.24, 2.45) is 4.99 Å². The minimum absolute atomic E-state index is 0.821. The van der Waals surface area contributed by atoms with E-state index in [0.29, 0.717) is 0 Å². The van der Waals surface area contributed by atoms with Gasteiger partial charge in [0.1, 0.15) is 0 Å². The zero-order valence-electron chi connectivity index (χ0n) is 9.09. The molecule has 0 spiro atoms. The predicted molar refractivity (Wildman–Crippen MR) is 64.7 cm³/mol. The number of hydrogen-bond acceptors (Lipinski definition) is 2. The lowest BCUT2D eigenvalue weighted by Crippen LogP contribution is -2.21. The van der Waals surface area contributed by atoms with Crippen molar-refractivity contribution in [2.45, 2.75) is 19.8 Å². The Bertz CT molecular complexity index is 405. The van der Waals surface area contributed by atoms with Crippen molar-refractivity contribution in [3.8, 4) is 0 Å². The first-order valence-corrected chi connectivity index (χ1v) is 5.35. The van der Waals surface area contributed by atoms with E-state index in [4.69, 9.17) is 0 Å². The van der Waals surface area contributed by atoms with Gasteiger partial charge in [-0.05, 0) is 18.1 Å². The summed E-state index contributed by atoms with van der Waals surface area (Å²) in [5.41, 5.74) is 4.73. The Balaban J connectivity index is 1.97. The van der Waals surface area contributed by atoms with Gasteiger partial charge in [0.2, 0.25) is 0 Å². The first-order chi connectivity index (χ1) is 7.29. The average Bonchev–Trinajstić information content (AvgIpc) is 2.68. The molecule has 0 saturated carbocycles. The minimum Gasteiger partial charge on any atom is -0.384 e. The molecule has 2 rings (SSSR count). The molecule has 1 aromatic carbocycles. The number of benzene rings is 1. The number of rotatable bonds is 4. The first kappa shape index (κ1) is 9.97. The van der Waals surface area contributed by atoms with Crippen LogP contribution in [-0.2, 0) is 6.42 Å². The summed E-state index contributed by atoms with van der Waals surface area (Å²) in [4.78, 5) is 4.57. The molecule has 78 valence electrons. The van der Waals surface area contributed by atoms with Crippen molar-refractivity contribution in [1.82, 2.24) is 5.32 Å². The van der Waals surface area contributed by atoms with Crippen LogP contribution in [-0.4, -0.2) is 12.3 Å². The van der Waals surface area contributed by atoms with E-state index in [1.807, 2.05) is 6.07 Å². The maximum Gasteiger partial charge on any atom is 0.0665 e. The summed E-state index contributed by atoms with van der Waals surface area (Å²) in [5.74, 6) is 0. The molecule has 1 aliphatic heterocycles. The van der Waals surface area contributed by atoms with Crippen LogP contribution in [0, 0.1) is 0 Å². The van der Waals surface area contributed by atoms with E-state index in [-0.39, 0.29) is 0 Å². The molecule has 2 nitrogen and oxygen atoms in total. The lowest BCUT2D eigenvalue weighted by atomic mass is 10.1. The predicted octanol–water partition coefficient (Wildman–Crippen LogP) is 2.83. The zero-order valence-corrected chi connectivity index (χ0v) is 9.09. The third-order valence-electron chi connectivity index (χ3n) is 2.63. The van der Waals surface area contributed by atoms with E-state index >= 15 is 0 Å². The van der Waals surface area contributed by atoms with Gasteiger partial charge in [-0.1, -0.05) is 31.7 Å². The molecule has 0 amide bonds. The van der Waals surface area contributed by atoms with Gasteiger partial charge in [-0.25, -0.2) is 0 Å². The molecule has 0 unspecified atom stereocenters. The Labute approximate surface area is 90.7 Å². The maximum atomic E-state index is 4.57. The number of fused-ring (bicyclic) bond motifs is 1. The fourth-order valence-corrected chi connectivity index (χ4v) is 1.65. The molecule has 1 heterocycles. The molecule has 1 N–H and O–H groups in total. The van der Waals surface area contributed by atoms with Crippen LogP contribution in [0.5, 0.6) is 0 Å². The average molecular weight is 200 g/mol. The number of hydrogen-bond donors (Lipinski definition) is 1. The van der Waals surface area contributed by atoms with Crippen molar-refractivity contribution in [3.63, 3.8) is 0 Å². The summed E-state index contributed by atoms with van der Waals surface area (Å²) in [6.07, 6.45) is 1.94. The molecule has 1 aliphatic rings. The van der Waals surface area contributed by atoms with Crippen LogP contribution in [0.3, 0.4) is 0 Å². The van der Waals surface area contributed by atoms with Gasteiger partial charge < -0.3 is 5.32 Å². The Hall–Kier alpha value is -1.57. The molecule has 0 saturated heterocycles. The van der Waals surface area contributed by atoms with Crippen LogP contribution < -0.4 is 5.32 Å². The van der Waals surface area contributed by atoms with Gasteiger partial charge in [0.15, 0.2) is 0 Å². The highest BCUT2D eigenvalue weighted by atomic mass is 14.9. The molecular formula is C13H16N2. The van der Waals surface area contributed by atoms with Crippen LogP contribution in [0.25, 0.3) is 0 Å². The second-order valence-electron chi connectivity index (χ2n) is 3.79. The van der Waals surface area contributed by atoms with Crippen molar-refractivity contribution >= 4 is 11.4 Å². The second kappa shape index (κ2) is 4.30. The van der Waals surface area contributed by atoms with Crippen LogP contribution in [0.15, 0.2) is 41.5 Å². The largest absolute Gasteiger partial charge is 0.384 e. The molecule has 0 aliphatic carbocycles. The first-order valence-electron chi connectivity index (χ1n) is 5.35. The Morgan fingerprint density at radius 2 is 2.27 bits per heavy atom. The highest BCUT2D eigenvalue weighted by molar-refractivity contribution is 5.95. The lowest BCUT2D eigenvalue weighted by Gasteiger charge is -2.06. The molecule has 2 heteroatoms. The third kappa shape index (κ3) is 2.27. The van der Waals surface area contributed by atoms with Gasteiger partial charge in [-0.2, -0.15) is 0 Å². The number of allylic oxidation sites excluding steroid dienone is 1. The topological polar surface area (TPSA) is 24.4 Å². The second-order valence-corrected chi connectivity index (χ2v) is 3.79. The number of para-hydroxylation sites is 1. The normalized spacial score (nSPS) is 13.3. The zero-order chi connectivity index (χ0) is 10.7. The van der Waals surface area contributed by atoms with Gasteiger partial charge in [0.25, 0.3) is 0 Å². The summed E-state index contributed by atoms with van der Waals surface area (Å²) in [7, 11) is 0. The maximum absolute atomic E-state index is 4.57. The standard InChI is InChI=1S/C13H16N2/c1-3-10(2)14-9-12-8-11-6-4-5-7-13(11)15-12/h4-7,14H,2-3,8-9H2,1H3. The Morgan fingerprint density at radius 3 is 3.00 bits per heavy atom. The minimum atomic E-state index is 0.821. The van der Waals surface area contributed by atoms with Crippen LogP contribution in [0.2, 0.25) is 0 Å². The van der Waals surface area contributed by atoms with E-state index < -0.39 is 0 Å². The number of nitrogens with one attached hydrogen (secondary N) is 1. The van der Waals surface area contributed by atoms with E-state index in [0.717, 1.165) is 30.8 Å². The van der Waals surface area contributed by atoms with Crippen molar-refractivity contribution in [3.05, 3.63) is 42.1 Å². The van der Waals surface area contributed by atoms with Crippen LogP contribution >= 0.6 is 0 Å². The van der Waals surface area contributed by atoms with Crippen LogP contribution in [0.1, 0.15) is 18.9 Å². The smallest absolute Gasteiger partial charge is 0.0665 e. The summed E-state index contributed by atoms with van der Waals surface area (Å²) in [5, 5.41) is 3.28. The van der Waals surface area contributed by atoms with Gasteiger partial charge in [-0.15, -0.1) is 0 Å². The molecule has 0 atom stereocenters. The van der Waals surface area contributed by atoms with E-state index in [1.54, 1.807) is 0 Å². The van der Waals surface area contributed by atoms with Crippen molar-refractivity contribution in [1.29, 1.82) is 0 Å². The Morgan fingerprint density at radius 1 is 1.47 bits per heavy atom. The van der Waals surface area contributed by atoms with Gasteiger partial charge >= 0.3 is 0 Å². The fourth-order valence-electron chi connectivity index (χ4n) is 1.65. The van der Waals surface area contributed by atoms with Gasteiger partial charge in [0, 0.05) is 17.8 Å². The molecule has 0 bridgehead atoms. The summed E-state index contributed by atoms with van der Waals surface area (Å²) in [6, 6.07) is 8.30. The Kier molecular flexibility index (Phi) is 2.86. The molecule has 1 aromatic rings. The summed E-state index contributed by atoms with van der Waals surface area (Å²) >= 11 is 0. The summed E-state index contributed by atoms with van der Waals surface area (Å²) < 4.78 is 0. The number of aliphatic imine (C=N–C) groups is 1. The highest BCUT2D eigenvalue weighted by Gasteiger charge is 2.12. The van der Waals surface area contributed by atoms with Gasteiger partial charge in [0.05, 0.1) is 12.2 Å². The third-order valence-corrected chi connectivity index (χ3v) is 2.63. The molecule has 0 aromatic heterocycles. The fraction of sp³-hybridized carbons (Fsp3) is 0.308. The van der Waals surface area contributed by atoms with E-state index in [2.05, 4.69) is 42.0 Å². The highest BCUT2D eigenvalue weighted by Crippen LogP contribution is 2.25. The van der Waals surface area contributed by atoms with Gasteiger partial charge in [-0.3, -0.25) is 4.99 Å². The molecule has 15 heavy (non-hydrogen) atoms. The van der Waals surface area contributed by atoms with Crippen LogP contribution in [0.4, 0.5) is 5.69 Å². The number of nitrogens with zero attached hydrogens (tertiary/aromatic N) is 1.